The smallest absolute Gasteiger partial charge is 0.347 e. The fraction of sp³-hybridized carbons (Fsp3) is 0.227. The third kappa shape index (κ3) is 4.22. The standard InChI is InChI=1S/C22H19F3N4O2S/c1-14-20(10-5-15-3-8-19(9-4-15)32(26,30)31)21(28(2)27-14)29-12-16-6-7-18(22(23,24)25)11-17(16)13-29/h3-4,6-9,11H,12-13H2,1-2H3,(H2,26,30,31). The molecule has 0 saturated carbocycles. The molecule has 2 aromatic carbocycles. The number of hydrogen-bond donors (Lipinski definition) is 1. The van der Waals surface area contributed by atoms with Gasteiger partial charge in [-0.15, -0.1) is 0 Å². The van der Waals surface area contributed by atoms with Gasteiger partial charge in [0.2, 0.25) is 10.0 Å². The van der Waals surface area contributed by atoms with Gasteiger partial charge >= 0.3 is 6.18 Å². The first kappa shape index (κ1) is 21.9. The van der Waals surface area contributed by atoms with Crippen molar-refractivity contribution in [1.82, 2.24) is 9.78 Å². The normalized spacial score (nSPS) is 13.6. The molecule has 2 N–H and O–H groups in total. The highest BCUT2D eigenvalue weighted by molar-refractivity contribution is 7.89. The summed E-state index contributed by atoms with van der Waals surface area (Å²) in [4.78, 5) is 1.94. The minimum atomic E-state index is -4.39. The summed E-state index contributed by atoms with van der Waals surface area (Å²) in [6.07, 6.45) is -4.39. The van der Waals surface area contributed by atoms with Crippen molar-refractivity contribution in [3.8, 4) is 11.8 Å². The molecule has 2 heterocycles. The summed E-state index contributed by atoms with van der Waals surface area (Å²) in [7, 11) is -2.02. The Morgan fingerprint density at radius 1 is 1.03 bits per heavy atom. The Morgan fingerprint density at radius 2 is 1.69 bits per heavy atom. The van der Waals surface area contributed by atoms with Crippen LogP contribution in [-0.2, 0) is 36.3 Å². The zero-order valence-corrected chi connectivity index (χ0v) is 18.0. The van der Waals surface area contributed by atoms with Crippen LogP contribution < -0.4 is 10.0 Å². The van der Waals surface area contributed by atoms with Gasteiger partial charge < -0.3 is 4.90 Å². The van der Waals surface area contributed by atoms with Gasteiger partial charge in [0.1, 0.15) is 5.82 Å². The summed E-state index contributed by atoms with van der Waals surface area (Å²) < 4.78 is 63.7. The third-order valence-electron chi connectivity index (χ3n) is 5.26. The average Bonchev–Trinajstić information content (AvgIpc) is 3.24. The molecule has 32 heavy (non-hydrogen) atoms. The maximum Gasteiger partial charge on any atom is 0.416 e. The van der Waals surface area contributed by atoms with Crippen LogP contribution in [0.4, 0.5) is 19.0 Å². The molecule has 0 atom stereocenters. The van der Waals surface area contributed by atoms with E-state index in [-0.39, 0.29) is 4.90 Å². The predicted molar refractivity (Wildman–Crippen MR) is 113 cm³/mol. The highest BCUT2D eigenvalue weighted by atomic mass is 32.2. The number of alkyl halides is 3. The Hall–Kier alpha value is -3.29. The molecule has 6 nitrogen and oxygen atoms in total. The van der Waals surface area contributed by atoms with Crippen LogP contribution >= 0.6 is 0 Å². The van der Waals surface area contributed by atoms with E-state index >= 15 is 0 Å². The van der Waals surface area contributed by atoms with Crippen molar-refractivity contribution < 1.29 is 21.6 Å². The minimum absolute atomic E-state index is 0.00523. The Kier molecular flexibility index (Phi) is 5.27. The zero-order chi connectivity index (χ0) is 23.3. The first-order chi connectivity index (χ1) is 14.9. The topological polar surface area (TPSA) is 81.2 Å². The number of nitrogens with two attached hydrogens (primary N) is 1. The second-order valence-corrected chi connectivity index (χ2v) is 9.13. The monoisotopic (exact) mass is 460 g/mol. The van der Waals surface area contributed by atoms with Crippen LogP contribution in [0.15, 0.2) is 47.4 Å². The summed E-state index contributed by atoms with van der Waals surface area (Å²) >= 11 is 0. The van der Waals surface area contributed by atoms with E-state index in [4.69, 9.17) is 5.14 Å². The van der Waals surface area contributed by atoms with E-state index in [0.717, 1.165) is 11.6 Å². The lowest BCUT2D eigenvalue weighted by Crippen LogP contribution is -2.19. The molecule has 0 radical (unpaired) electrons. The van der Waals surface area contributed by atoms with Gasteiger partial charge in [0.25, 0.3) is 0 Å². The number of nitrogens with zero attached hydrogens (tertiary/aromatic N) is 3. The first-order valence-corrected chi connectivity index (χ1v) is 11.1. The van der Waals surface area contributed by atoms with Crippen molar-refractivity contribution in [3.63, 3.8) is 0 Å². The molecule has 4 rings (SSSR count). The quantitative estimate of drug-likeness (QED) is 0.595. The second-order valence-electron chi connectivity index (χ2n) is 7.56. The van der Waals surface area contributed by atoms with Crippen molar-refractivity contribution in [1.29, 1.82) is 0 Å². The minimum Gasteiger partial charge on any atom is -0.347 e. The molecule has 0 unspecified atom stereocenters. The number of hydrogen-bond acceptors (Lipinski definition) is 4. The molecule has 0 bridgehead atoms. The molecule has 0 amide bonds. The zero-order valence-electron chi connectivity index (χ0n) is 17.2. The molecule has 3 aromatic rings. The average molecular weight is 460 g/mol. The van der Waals surface area contributed by atoms with Crippen LogP contribution in [0.3, 0.4) is 0 Å². The molecular formula is C22H19F3N4O2S. The fourth-order valence-electron chi connectivity index (χ4n) is 3.74. The van der Waals surface area contributed by atoms with Crippen molar-refractivity contribution in [2.45, 2.75) is 31.1 Å². The van der Waals surface area contributed by atoms with Crippen LogP contribution in [-0.4, -0.2) is 18.2 Å². The molecule has 0 saturated heterocycles. The van der Waals surface area contributed by atoms with Gasteiger partial charge in [-0.3, -0.25) is 4.68 Å². The highest BCUT2D eigenvalue weighted by Gasteiger charge is 2.33. The maximum atomic E-state index is 13.1. The van der Waals surface area contributed by atoms with Gasteiger partial charge in [0, 0.05) is 25.7 Å². The van der Waals surface area contributed by atoms with E-state index in [1.165, 1.54) is 24.3 Å². The van der Waals surface area contributed by atoms with Crippen molar-refractivity contribution in [2.24, 2.45) is 12.2 Å². The number of benzene rings is 2. The number of halogens is 3. The number of aromatic nitrogens is 2. The Bertz CT molecular complexity index is 1370. The molecule has 1 aromatic heterocycles. The van der Waals surface area contributed by atoms with E-state index in [0.29, 0.717) is 41.3 Å². The van der Waals surface area contributed by atoms with Crippen LogP contribution in [0.25, 0.3) is 0 Å². The van der Waals surface area contributed by atoms with Gasteiger partial charge in [-0.2, -0.15) is 18.3 Å². The molecule has 0 fully saturated rings. The summed E-state index contributed by atoms with van der Waals surface area (Å²) in [5, 5.41) is 9.54. The van der Waals surface area contributed by atoms with Crippen LogP contribution in [0.2, 0.25) is 0 Å². The lowest BCUT2D eigenvalue weighted by molar-refractivity contribution is -0.137. The van der Waals surface area contributed by atoms with Gasteiger partial charge in [0.05, 0.1) is 21.7 Å². The molecule has 10 heteroatoms. The van der Waals surface area contributed by atoms with E-state index in [2.05, 4.69) is 16.9 Å². The van der Waals surface area contributed by atoms with Crippen LogP contribution in [0.1, 0.15) is 33.5 Å². The van der Waals surface area contributed by atoms with E-state index < -0.39 is 21.8 Å². The van der Waals surface area contributed by atoms with Crippen molar-refractivity contribution in [2.75, 3.05) is 4.90 Å². The largest absolute Gasteiger partial charge is 0.416 e. The second kappa shape index (κ2) is 7.69. The molecule has 1 aliphatic rings. The van der Waals surface area contributed by atoms with Gasteiger partial charge in [-0.05, 0) is 54.4 Å². The van der Waals surface area contributed by atoms with Gasteiger partial charge in [-0.25, -0.2) is 13.6 Å². The molecular weight excluding hydrogens is 441 g/mol. The summed E-state index contributed by atoms with van der Waals surface area (Å²) in [5.74, 6) is 6.78. The summed E-state index contributed by atoms with van der Waals surface area (Å²) in [5.41, 5.74) is 2.72. The van der Waals surface area contributed by atoms with Gasteiger partial charge in [0.15, 0.2) is 0 Å². The third-order valence-corrected chi connectivity index (χ3v) is 6.19. The lowest BCUT2D eigenvalue weighted by atomic mass is 10.1. The SMILES string of the molecule is Cc1nn(C)c(N2Cc3ccc(C(F)(F)F)cc3C2)c1C#Cc1ccc(S(N)(=O)=O)cc1. The number of aryl methyl sites for hydroxylation is 2. The highest BCUT2D eigenvalue weighted by Crippen LogP contribution is 2.36. The Balaban J connectivity index is 1.65. The van der Waals surface area contributed by atoms with Crippen molar-refractivity contribution in [3.05, 3.63) is 76.0 Å². The maximum absolute atomic E-state index is 13.1. The van der Waals surface area contributed by atoms with E-state index in [1.54, 1.807) is 23.9 Å². The summed E-state index contributed by atoms with van der Waals surface area (Å²) in [6, 6.07) is 9.68. The number of anilines is 1. The predicted octanol–water partition coefficient (Wildman–Crippen LogP) is 3.31. The number of fused-ring (bicyclic) bond motifs is 1. The number of rotatable bonds is 2. The first-order valence-electron chi connectivity index (χ1n) is 9.56. The fourth-order valence-corrected chi connectivity index (χ4v) is 4.25. The van der Waals surface area contributed by atoms with Crippen LogP contribution in [0.5, 0.6) is 0 Å². The Morgan fingerprint density at radius 3 is 2.31 bits per heavy atom. The van der Waals surface area contributed by atoms with E-state index in [9.17, 15) is 21.6 Å². The molecule has 166 valence electrons. The lowest BCUT2D eigenvalue weighted by Gasteiger charge is -2.18. The molecule has 0 aliphatic carbocycles. The van der Waals surface area contributed by atoms with E-state index in [1.807, 2.05) is 11.8 Å². The number of primary sulfonamides is 1. The van der Waals surface area contributed by atoms with Crippen molar-refractivity contribution >= 4 is 15.8 Å². The summed E-state index contributed by atoms with van der Waals surface area (Å²) in [6.45, 7) is 2.57. The molecule has 1 aliphatic heterocycles. The number of sulfonamides is 1. The Labute approximate surface area is 183 Å². The molecule has 0 spiro atoms. The van der Waals surface area contributed by atoms with Gasteiger partial charge in [-0.1, -0.05) is 17.9 Å². The van der Waals surface area contributed by atoms with Crippen LogP contribution in [0, 0.1) is 18.8 Å².